The van der Waals surface area contributed by atoms with E-state index in [4.69, 9.17) is 23.2 Å². The highest BCUT2D eigenvalue weighted by Gasteiger charge is 2.22. The second kappa shape index (κ2) is 6.16. The van der Waals surface area contributed by atoms with Gasteiger partial charge in [-0.2, -0.15) is 0 Å². The van der Waals surface area contributed by atoms with Crippen molar-refractivity contribution in [2.45, 2.75) is 33.3 Å². The first-order chi connectivity index (χ1) is 8.64. The van der Waals surface area contributed by atoms with Crippen molar-refractivity contribution in [3.63, 3.8) is 0 Å². The Morgan fingerprint density at radius 2 is 2.11 bits per heavy atom. The van der Waals surface area contributed by atoms with Gasteiger partial charge in [-0.05, 0) is 24.8 Å². The number of halogens is 2. The molecule has 0 spiro atoms. The molecule has 19 heavy (non-hydrogen) atoms. The molecule has 108 valence electrons. The average Bonchev–Trinajstić information content (AvgIpc) is 2.52. The number of amides is 1. The second-order valence-electron chi connectivity index (χ2n) is 5.63. The van der Waals surface area contributed by atoms with Crippen LogP contribution in [0, 0.1) is 5.41 Å². The van der Waals surface area contributed by atoms with Gasteiger partial charge in [-0.3, -0.25) is 4.79 Å². The van der Waals surface area contributed by atoms with Gasteiger partial charge in [0.2, 0.25) is 0 Å². The number of rotatable bonds is 5. The van der Waals surface area contributed by atoms with E-state index in [1.54, 1.807) is 24.6 Å². The molecule has 0 radical (unpaired) electrons. The van der Waals surface area contributed by atoms with Crippen molar-refractivity contribution in [2.75, 3.05) is 6.54 Å². The summed E-state index contributed by atoms with van der Waals surface area (Å²) in [5, 5.41) is 12.9. The molecule has 4 nitrogen and oxygen atoms in total. The molecule has 0 fully saturated rings. The Morgan fingerprint density at radius 3 is 2.53 bits per heavy atom. The van der Waals surface area contributed by atoms with Crippen LogP contribution in [0.15, 0.2) is 6.07 Å². The summed E-state index contributed by atoms with van der Waals surface area (Å²) in [6.45, 7) is 6.19. The molecule has 0 aliphatic carbocycles. The van der Waals surface area contributed by atoms with E-state index in [9.17, 15) is 9.90 Å². The fourth-order valence-electron chi connectivity index (χ4n) is 2.04. The van der Waals surface area contributed by atoms with E-state index < -0.39 is 6.10 Å². The summed E-state index contributed by atoms with van der Waals surface area (Å²) in [5.41, 5.74) is 0.241. The van der Waals surface area contributed by atoms with Gasteiger partial charge in [0.25, 0.3) is 5.91 Å². The summed E-state index contributed by atoms with van der Waals surface area (Å²) in [6.07, 6.45) is 0.216. The highest BCUT2D eigenvalue weighted by molar-refractivity contribution is 6.41. The van der Waals surface area contributed by atoms with Crippen molar-refractivity contribution >= 4 is 29.1 Å². The van der Waals surface area contributed by atoms with Gasteiger partial charge in [0.15, 0.2) is 0 Å². The van der Waals surface area contributed by atoms with Crippen LogP contribution < -0.4 is 5.32 Å². The van der Waals surface area contributed by atoms with E-state index in [2.05, 4.69) is 5.32 Å². The molecule has 0 saturated heterocycles. The Labute approximate surface area is 123 Å². The van der Waals surface area contributed by atoms with E-state index >= 15 is 0 Å². The monoisotopic (exact) mass is 306 g/mol. The highest BCUT2D eigenvalue weighted by Crippen LogP contribution is 2.25. The highest BCUT2D eigenvalue weighted by atomic mass is 35.5. The van der Waals surface area contributed by atoms with Crippen LogP contribution >= 0.6 is 23.2 Å². The number of hydrogen-bond donors (Lipinski definition) is 2. The van der Waals surface area contributed by atoms with Crippen molar-refractivity contribution < 1.29 is 9.90 Å². The van der Waals surface area contributed by atoms with Gasteiger partial charge in [-0.25, -0.2) is 0 Å². The van der Waals surface area contributed by atoms with Crippen molar-refractivity contribution in [3.05, 3.63) is 21.9 Å². The minimum absolute atomic E-state index is 0.178. The molecule has 6 heteroatoms. The smallest absolute Gasteiger partial charge is 0.268 e. The van der Waals surface area contributed by atoms with Gasteiger partial charge < -0.3 is 15.0 Å². The van der Waals surface area contributed by atoms with Crippen LogP contribution in [0.3, 0.4) is 0 Å². The van der Waals surface area contributed by atoms with Crippen molar-refractivity contribution in [2.24, 2.45) is 12.5 Å². The van der Waals surface area contributed by atoms with Crippen LogP contribution in [0.25, 0.3) is 0 Å². The largest absolute Gasteiger partial charge is 0.393 e. The molecule has 1 atom stereocenters. The molecule has 1 aromatic rings. The third kappa shape index (κ3) is 4.41. The molecule has 1 aromatic heterocycles. The first kappa shape index (κ1) is 16.3. The Kier molecular flexibility index (Phi) is 5.30. The van der Waals surface area contributed by atoms with E-state index in [0.29, 0.717) is 28.8 Å². The molecular weight excluding hydrogens is 287 g/mol. The summed E-state index contributed by atoms with van der Waals surface area (Å²) < 4.78 is 1.54. The predicted molar refractivity (Wildman–Crippen MR) is 77.8 cm³/mol. The minimum atomic E-state index is -0.397. The zero-order chi connectivity index (χ0) is 14.8. The first-order valence-electron chi connectivity index (χ1n) is 6.11. The zero-order valence-electron chi connectivity index (χ0n) is 11.6. The zero-order valence-corrected chi connectivity index (χ0v) is 13.1. The number of nitrogens with zero attached hydrogens (tertiary/aromatic N) is 1. The number of aliphatic hydroxyl groups is 1. The average molecular weight is 307 g/mol. The standard InChI is InChI=1S/C13H20Cl2N2O2/c1-8(18)6-13(2,3)7-16-12(19)10-5-9(14)11(15)17(10)4/h5,8,18H,6-7H2,1-4H3,(H,16,19). The predicted octanol–water partition coefficient (Wildman–Crippen LogP) is 2.86. The number of carbonyl (C=O) groups is 1. The molecule has 0 bridgehead atoms. The lowest BCUT2D eigenvalue weighted by Gasteiger charge is -2.26. The fraction of sp³-hybridized carbons (Fsp3) is 0.615. The third-order valence-electron chi connectivity index (χ3n) is 2.92. The second-order valence-corrected chi connectivity index (χ2v) is 6.39. The van der Waals surface area contributed by atoms with Crippen molar-refractivity contribution in [1.29, 1.82) is 0 Å². The molecule has 1 amide bonds. The molecule has 0 aromatic carbocycles. The van der Waals surface area contributed by atoms with Crippen LogP contribution in [0.1, 0.15) is 37.7 Å². The van der Waals surface area contributed by atoms with Crippen LogP contribution in [0.2, 0.25) is 10.2 Å². The van der Waals surface area contributed by atoms with E-state index in [-0.39, 0.29) is 11.3 Å². The van der Waals surface area contributed by atoms with E-state index in [1.165, 1.54) is 0 Å². The van der Waals surface area contributed by atoms with Gasteiger partial charge >= 0.3 is 0 Å². The summed E-state index contributed by atoms with van der Waals surface area (Å²) in [5.74, 6) is -0.227. The molecular formula is C13H20Cl2N2O2. The molecule has 1 unspecified atom stereocenters. The molecule has 1 rings (SSSR count). The summed E-state index contributed by atoms with van der Waals surface area (Å²) in [4.78, 5) is 12.1. The Bertz CT molecular complexity index is 467. The fourth-order valence-corrected chi connectivity index (χ4v) is 2.42. The number of nitrogens with one attached hydrogen (secondary N) is 1. The quantitative estimate of drug-likeness (QED) is 0.879. The van der Waals surface area contributed by atoms with Gasteiger partial charge in [-0.1, -0.05) is 37.0 Å². The molecule has 2 N–H and O–H groups in total. The van der Waals surface area contributed by atoms with Crippen LogP contribution in [0.5, 0.6) is 0 Å². The van der Waals surface area contributed by atoms with Gasteiger partial charge in [0.1, 0.15) is 10.8 Å². The number of carbonyl (C=O) groups excluding carboxylic acids is 1. The maximum Gasteiger partial charge on any atom is 0.268 e. The first-order valence-corrected chi connectivity index (χ1v) is 6.86. The minimum Gasteiger partial charge on any atom is -0.393 e. The number of aromatic nitrogens is 1. The lowest BCUT2D eigenvalue weighted by Crippen LogP contribution is -2.36. The summed E-state index contributed by atoms with van der Waals surface area (Å²) in [6, 6.07) is 1.54. The van der Waals surface area contributed by atoms with Gasteiger partial charge in [0.05, 0.1) is 11.1 Å². The van der Waals surface area contributed by atoms with Crippen LogP contribution in [0.4, 0.5) is 0 Å². The van der Waals surface area contributed by atoms with Crippen molar-refractivity contribution in [1.82, 2.24) is 9.88 Å². The third-order valence-corrected chi connectivity index (χ3v) is 3.77. The lowest BCUT2D eigenvalue weighted by molar-refractivity contribution is 0.0894. The van der Waals surface area contributed by atoms with E-state index in [0.717, 1.165) is 0 Å². The van der Waals surface area contributed by atoms with Crippen molar-refractivity contribution in [3.8, 4) is 0 Å². The van der Waals surface area contributed by atoms with Gasteiger partial charge in [0, 0.05) is 13.6 Å². The maximum atomic E-state index is 12.1. The number of hydrogen-bond acceptors (Lipinski definition) is 2. The maximum absolute atomic E-state index is 12.1. The normalized spacial score (nSPS) is 13.4. The Balaban J connectivity index is 2.68. The van der Waals surface area contributed by atoms with Crippen LogP contribution in [-0.2, 0) is 7.05 Å². The topological polar surface area (TPSA) is 54.3 Å². The molecule has 0 saturated carbocycles. The molecule has 0 aliphatic heterocycles. The SMILES string of the molecule is CC(O)CC(C)(C)CNC(=O)c1cc(Cl)c(Cl)n1C. The van der Waals surface area contributed by atoms with E-state index in [1.807, 2.05) is 13.8 Å². The van der Waals surface area contributed by atoms with Gasteiger partial charge in [-0.15, -0.1) is 0 Å². The Morgan fingerprint density at radius 1 is 1.53 bits per heavy atom. The van der Waals surface area contributed by atoms with Crippen LogP contribution in [-0.4, -0.2) is 28.2 Å². The Hall–Kier alpha value is -0.710. The summed E-state index contributed by atoms with van der Waals surface area (Å²) >= 11 is 11.8. The molecule has 0 aliphatic rings. The number of aliphatic hydroxyl groups excluding tert-OH is 1. The summed E-state index contributed by atoms with van der Waals surface area (Å²) in [7, 11) is 1.68. The molecule has 1 heterocycles. The lowest BCUT2D eigenvalue weighted by atomic mass is 9.87.